The first kappa shape index (κ1) is 21.1. The van der Waals surface area contributed by atoms with Crippen molar-refractivity contribution >= 4 is 21.6 Å². The van der Waals surface area contributed by atoms with Gasteiger partial charge in [-0.2, -0.15) is 0 Å². The molecule has 6 heteroatoms. The first-order valence-corrected chi connectivity index (χ1v) is 12.1. The summed E-state index contributed by atoms with van der Waals surface area (Å²) in [7, 11) is -3.33. The molecule has 4 rings (SSSR count). The molecule has 1 N–H and O–H groups in total. The zero-order valence-corrected chi connectivity index (χ0v) is 18.3. The number of sulfonamides is 1. The minimum atomic E-state index is -3.33. The Bertz CT molecular complexity index is 1180. The average Bonchev–Trinajstić information content (AvgIpc) is 2.77. The molecular weight excluding hydrogens is 408 g/mol. The summed E-state index contributed by atoms with van der Waals surface area (Å²) in [6.07, 6.45) is 1.49. The Labute approximate surface area is 183 Å². The molecule has 31 heavy (non-hydrogen) atoms. The lowest BCUT2D eigenvalue weighted by molar-refractivity contribution is 0.0943. The highest BCUT2D eigenvalue weighted by molar-refractivity contribution is 7.92. The Morgan fingerprint density at radius 2 is 1.65 bits per heavy atom. The van der Waals surface area contributed by atoms with Gasteiger partial charge >= 0.3 is 0 Å². The number of hydrogen-bond donors (Lipinski definition) is 1. The third-order valence-corrected chi connectivity index (χ3v) is 7.40. The standard InChI is InChI=1S/C25H26N2O3S/c1-19-9-7-12-21(17-19)24(20-10-3-2-4-11-20)26-25(28)22-13-8-14-23(18-22)27-15-5-6-16-31(27,29)30/h2-4,7-14,17-18,24H,5-6,15-16H2,1H3,(H,26,28). The van der Waals surface area contributed by atoms with Crippen LogP contribution in [0.5, 0.6) is 0 Å². The fraction of sp³-hybridized carbons (Fsp3) is 0.240. The van der Waals surface area contributed by atoms with Crippen molar-refractivity contribution in [1.29, 1.82) is 0 Å². The summed E-state index contributed by atoms with van der Waals surface area (Å²) in [4.78, 5) is 13.2. The summed E-state index contributed by atoms with van der Waals surface area (Å²) in [6, 6.07) is 24.4. The summed E-state index contributed by atoms with van der Waals surface area (Å²) >= 11 is 0. The molecule has 0 spiro atoms. The van der Waals surface area contributed by atoms with Gasteiger partial charge in [-0.05, 0) is 49.1 Å². The Morgan fingerprint density at radius 1 is 0.903 bits per heavy atom. The molecule has 1 aliphatic rings. The van der Waals surface area contributed by atoms with E-state index in [9.17, 15) is 13.2 Å². The minimum Gasteiger partial charge on any atom is -0.341 e. The van der Waals surface area contributed by atoms with Crippen LogP contribution in [0.1, 0.15) is 45.9 Å². The second-order valence-electron chi connectivity index (χ2n) is 7.88. The van der Waals surface area contributed by atoms with Crippen molar-refractivity contribution < 1.29 is 13.2 Å². The molecule has 0 aromatic heterocycles. The molecule has 1 atom stereocenters. The molecule has 1 heterocycles. The molecule has 1 unspecified atom stereocenters. The number of rotatable bonds is 5. The van der Waals surface area contributed by atoms with E-state index in [0.717, 1.165) is 23.1 Å². The highest BCUT2D eigenvalue weighted by Gasteiger charge is 2.26. The van der Waals surface area contributed by atoms with Crippen molar-refractivity contribution in [3.05, 3.63) is 101 Å². The van der Waals surface area contributed by atoms with E-state index in [1.54, 1.807) is 24.3 Å². The number of nitrogens with zero attached hydrogens (tertiary/aromatic N) is 1. The second-order valence-corrected chi connectivity index (χ2v) is 9.89. The zero-order chi connectivity index (χ0) is 21.8. The largest absolute Gasteiger partial charge is 0.341 e. The van der Waals surface area contributed by atoms with Gasteiger partial charge in [-0.1, -0.05) is 66.2 Å². The Balaban J connectivity index is 1.64. The number of carbonyl (C=O) groups is 1. The van der Waals surface area contributed by atoms with E-state index in [2.05, 4.69) is 11.4 Å². The summed E-state index contributed by atoms with van der Waals surface area (Å²) in [5, 5.41) is 3.14. The molecule has 1 fully saturated rings. The van der Waals surface area contributed by atoms with Crippen LogP contribution in [0.25, 0.3) is 0 Å². The van der Waals surface area contributed by atoms with E-state index in [0.29, 0.717) is 24.2 Å². The first-order chi connectivity index (χ1) is 14.9. The summed E-state index contributed by atoms with van der Waals surface area (Å²) in [5.74, 6) is -0.0982. The normalized spacial score (nSPS) is 16.5. The monoisotopic (exact) mass is 434 g/mol. The molecule has 1 amide bonds. The molecule has 1 aliphatic heterocycles. The SMILES string of the molecule is Cc1cccc(C(NC(=O)c2cccc(N3CCCCS3(=O)=O)c2)c2ccccc2)c1. The smallest absolute Gasteiger partial charge is 0.252 e. The number of aryl methyl sites for hydroxylation is 1. The maximum absolute atomic E-state index is 13.2. The third kappa shape index (κ3) is 4.80. The van der Waals surface area contributed by atoms with Crippen LogP contribution in [-0.2, 0) is 10.0 Å². The maximum Gasteiger partial charge on any atom is 0.252 e. The predicted molar refractivity (Wildman–Crippen MR) is 124 cm³/mol. The third-order valence-electron chi connectivity index (χ3n) is 5.53. The number of amides is 1. The Hall–Kier alpha value is -3.12. The quantitative estimate of drug-likeness (QED) is 0.645. The van der Waals surface area contributed by atoms with Crippen molar-refractivity contribution in [1.82, 2.24) is 5.32 Å². The van der Waals surface area contributed by atoms with Crippen LogP contribution in [0.3, 0.4) is 0 Å². The van der Waals surface area contributed by atoms with E-state index >= 15 is 0 Å². The molecule has 160 valence electrons. The van der Waals surface area contributed by atoms with Gasteiger partial charge in [0.1, 0.15) is 0 Å². The van der Waals surface area contributed by atoms with Crippen molar-refractivity contribution in [3.8, 4) is 0 Å². The van der Waals surface area contributed by atoms with Gasteiger partial charge in [0, 0.05) is 12.1 Å². The lowest BCUT2D eigenvalue weighted by Gasteiger charge is -2.28. The van der Waals surface area contributed by atoms with Crippen LogP contribution in [0.2, 0.25) is 0 Å². The Morgan fingerprint density at radius 3 is 2.39 bits per heavy atom. The number of nitrogens with one attached hydrogen (secondary N) is 1. The van der Waals surface area contributed by atoms with Gasteiger partial charge in [0.25, 0.3) is 5.91 Å². The van der Waals surface area contributed by atoms with Crippen LogP contribution >= 0.6 is 0 Å². The molecule has 1 saturated heterocycles. The van der Waals surface area contributed by atoms with E-state index in [-0.39, 0.29) is 17.7 Å². The van der Waals surface area contributed by atoms with Gasteiger partial charge in [0.05, 0.1) is 17.5 Å². The van der Waals surface area contributed by atoms with Gasteiger partial charge in [0.2, 0.25) is 10.0 Å². The van der Waals surface area contributed by atoms with Gasteiger partial charge in [0.15, 0.2) is 0 Å². The second kappa shape index (κ2) is 8.94. The van der Waals surface area contributed by atoms with Gasteiger partial charge < -0.3 is 5.32 Å². The van der Waals surface area contributed by atoms with E-state index < -0.39 is 10.0 Å². The topological polar surface area (TPSA) is 66.5 Å². The predicted octanol–water partition coefficient (Wildman–Crippen LogP) is 4.44. The van der Waals surface area contributed by atoms with E-state index in [1.807, 2.05) is 55.5 Å². The number of hydrogen-bond acceptors (Lipinski definition) is 3. The number of benzene rings is 3. The van der Waals surface area contributed by atoms with Crippen molar-refractivity contribution in [3.63, 3.8) is 0 Å². The fourth-order valence-electron chi connectivity index (χ4n) is 3.95. The maximum atomic E-state index is 13.2. The highest BCUT2D eigenvalue weighted by Crippen LogP contribution is 2.26. The fourth-order valence-corrected chi connectivity index (χ4v) is 5.58. The lowest BCUT2D eigenvalue weighted by atomic mass is 9.97. The number of carbonyl (C=O) groups excluding carboxylic acids is 1. The van der Waals surface area contributed by atoms with Gasteiger partial charge in [-0.15, -0.1) is 0 Å². The van der Waals surface area contributed by atoms with Crippen molar-refractivity contribution in [2.75, 3.05) is 16.6 Å². The first-order valence-electron chi connectivity index (χ1n) is 10.5. The lowest BCUT2D eigenvalue weighted by Crippen LogP contribution is -2.38. The van der Waals surface area contributed by atoms with Crippen LogP contribution in [0, 0.1) is 6.92 Å². The van der Waals surface area contributed by atoms with Crippen LogP contribution < -0.4 is 9.62 Å². The van der Waals surface area contributed by atoms with Crippen LogP contribution in [0.4, 0.5) is 5.69 Å². The van der Waals surface area contributed by atoms with Crippen molar-refractivity contribution in [2.24, 2.45) is 0 Å². The highest BCUT2D eigenvalue weighted by atomic mass is 32.2. The van der Waals surface area contributed by atoms with Crippen LogP contribution in [-0.4, -0.2) is 26.6 Å². The van der Waals surface area contributed by atoms with E-state index in [4.69, 9.17) is 0 Å². The molecule has 0 bridgehead atoms. The molecule has 3 aromatic rings. The summed E-state index contributed by atoms with van der Waals surface area (Å²) < 4.78 is 26.4. The van der Waals surface area contributed by atoms with E-state index in [1.165, 1.54) is 4.31 Å². The van der Waals surface area contributed by atoms with Crippen molar-refractivity contribution in [2.45, 2.75) is 25.8 Å². The molecule has 5 nitrogen and oxygen atoms in total. The molecule has 0 aliphatic carbocycles. The zero-order valence-electron chi connectivity index (χ0n) is 17.5. The minimum absolute atomic E-state index is 0.146. The Kier molecular flexibility index (Phi) is 6.09. The molecular formula is C25H26N2O3S. The van der Waals surface area contributed by atoms with Crippen LogP contribution in [0.15, 0.2) is 78.9 Å². The summed E-state index contributed by atoms with van der Waals surface area (Å²) in [5.41, 5.74) is 4.07. The molecule has 3 aromatic carbocycles. The van der Waals surface area contributed by atoms with Gasteiger partial charge in [-0.25, -0.2) is 8.42 Å². The molecule has 0 saturated carbocycles. The number of anilines is 1. The van der Waals surface area contributed by atoms with Gasteiger partial charge in [-0.3, -0.25) is 9.10 Å². The summed E-state index contributed by atoms with van der Waals surface area (Å²) in [6.45, 7) is 2.47. The molecule has 0 radical (unpaired) electrons. The average molecular weight is 435 g/mol.